The molecule has 0 N–H and O–H groups in total. The first-order valence-corrected chi connectivity index (χ1v) is 6.32. The Labute approximate surface area is 117 Å². The van der Waals surface area contributed by atoms with Gasteiger partial charge in [0.05, 0.1) is 10.6 Å². The van der Waals surface area contributed by atoms with E-state index >= 15 is 0 Å². The number of benzene rings is 1. The van der Waals surface area contributed by atoms with E-state index in [0.717, 1.165) is 16.8 Å². The highest BCUT2D eigenvalue weighted by Crippen LogP contribution is 2.22. The molecule has 2 rings (SSSR count). The minimum atomic E-state index is -0.164. The zero-order valence-corrected chi connectivity index (χ0v) is 11.9. The second kappa shape index (κ2) is 5.41. The summed E-state index contributed by atoms with van der Waals surface area (Å²) in [6, 6.07) is 7.62. The lowest BCUT2D eigenvalue weighted by molar-refractivity contribution is 0.0993. The van der Waals surface area contributed by atoms with Gasteiger partial charge in [0, 0.05) is 25.1 Å². The minimum Gasteiger partial charge on any atom is -0.311 e. The maximum absolute atomic E-state index is 12.4. The highest BCUT2D eigenvalue weighted by Gasteiger charge is 2.16. The molecule has 0 aliphatic heterocycles. The number of halogens is 1. The minimum absolute atomic E-state index is 0.164. The van der Waals surface area contributed by atoms with E-state index in [4.69, 9.17) is 11.6 Å². The van der Waals surface area contributed by atoms with Gasteiger partial charge in [-0.15, -0.1) is 0 Å². The Hall–Kier alpha value is -1.87. The van der Waals surface area contributed by atoms with Crippen LogP contribution in [-0.4, -0.2) is 17.9 Å². The summed E-state index contributed by atoms with van der Waals surface area (Å²) in [5.41, 5.74) is 3.49. The number of nitrogens with zero attached hydrogens (tertiary/aromatic N) is 2. The van der Waals surface area contributed by atoms with E-state index in [-0.39, 0.29) is 5.91 Å². The summed E-state index contributed by atoms with van der Waals surface area (Å²) < 4.78 is 0. The van der Waals surface area contributed by atoms with Crippen molar-refractivity contribution in [1.29, 1.82) is 0 Å². The number of hydrogen-bond donors (Lipinski definition) is 0. The molecular weight excluding hydrogens is 260 g/mol. The van der Waals surface area contributed by atoms with Crippen LogP contribution in [0.2, 0.25) is 5.02 Å². The third-order valence-electron chi connectivity index (χ3n) is 2.90. The van der Waals surface area contributed by atoms with Gasteiger partial charge >= 0.3 is 0 Å². The monoisotopic (exact) mass is 274 g/mol. The lowest BCUT2D eigenvalue weighted by Crippen LogP contribution is -2.26. The molecule has 3 nitrogen and oxygen atoms in total. The maximum Gasteiger partial charge on any atom is 0.261 e. The van der Waals surface area contributed by atoms with Crippen LogP contribution in [0.5, 0.6) is 0 Å². The predicted octanol–water partition coefficient (Wildman–Crippen LogP) is 3.63. The van der Waals surface area contributed by atoms with Crippen LogP contribution in [0.15, 0.2) is 36.7 Å². The fraction of sp³-hybridized carbons (Fsp3) is 0.200. The Kier molecular flexibility index (Phi) is 3.86. The number of carbonyl (C=O) groups excluding carboxylic acids is 1. The number of amides is 1. The molecule has 0 aliphatic rings. The molecule has 1 heterocycles. The highest BCUT2D eigenvalue weighted by atomic mass is 35.5. The van der Waals surface area contributed by atoms with E-state index in [1.54, 1.807) is 24.2 Å². The Morgan fingerprint density at radius 1 is 1.21 bits per heavy atom. The van der Waals surface area contributed by atoms with Gasteiger partial charge in [0.2, 0.25) is 0 Å². The average molecular weight is 275 g/mol. The molecule has 1 aromatic carbocycles. The van der Waals surface area contributed by atoms with Gasteiger partial charge in [-0.2, -0.15) is 0 Å². The molecule has 0 saturated carbocycles. The molecule has 0 fully saturated rings. The van der Waals surface area contributed by atoms with Gasteiger partial charge in [0.1, 0.15) is 0 Å². The fourth-order valence-electron chi connectivity index (χ4n) is 1.98. The van der Waals surface area contributed by atoms with Crippen LogP contribution in [0.25, 0.3) is 0 Å². The van der Waals surface area contributed by atoms with Crippen LogP contribution >= 0.6 is 11.6 Å². The number of aromatic nitrogens is 1. The highest BCUT2D eigenvalue weighted by molar-refractivity contribution is 6.34. The van der Waals surface area contributed by atoms with Crippen LogP contribution in [0.4, 0.5) is 5.69 Å². The van der Waals surface area contributed by atoms with Gasteiger partial charge in [0.15, 0.2) is 0 Å². The average Bonchev–Trinajstić information content (AvgIpc) is 2.36. The summed E-state index contributed by atoms with van der Waals surface area (Å²) in [7, 11) is 1.74. The summed E-state index contributed by atoms with van der Waals surface area (Å²) in [5, 5.41) is 0.413. The van der Waals surface area contributed by atoms with Crippen LogP contribution in [0, 0.1) is 13.8 Å². The summed E-state index contributed by atoms with van der Waals surface area (Å²) in [4.78, 5) is 17.9. The summed E-state index contributed by atoms with van der Waals surface area (Å²) in [6.45, 7) is 4.01. The largest absolute Gasteiger partial charge is 0.311 e. The van der Waals surface area contributed by atoms with Crippen LogP contribution in [0.1, 0.15) is 21.5 Å². The van der Waals surface area contributed by atoms with Crippen LogP contribution < -0.4 is 4.90 Å². The first-order valence-electron chi connectivity index (χ1n) is 5.95. The first kappa shape index (κ1) is 13.6. The molecule has 2 aromatic rings. The molecule has 0 saturated heterocycles. The SMILES string of the molecule is Cc1cc(C)cc(N(C)C(=O)c2cnccc2Cl)c1. The summed E-state index contributed by atoms with van der Waals surface area (Å²) in [5.74, 6) is -0.164. The molecule has 98 valence electrons. The summed E-state index contributed by atoms with van der Waals surface area (Å²) >= 11 is 6.03. The second-order valence-corrected chi connectivity index (χ2v) is 4.97. The van der Waals surface area contributed by atoms with E-state index in [1.165, 1.54) is 6.20 Å². The first-order chi connectivity index (χ1) is 8.99. The van der Waals surface area contributed by atoms with Gasteiger partial charge in [0.25, 0.3) is 5.91 Å². The van der Waals surface area contributed by atoms with Crippen LogP contribution in [0.3, 0.4) is 0 Å². The fourth-order valence-corrected chi connectivity index (χ4v) is 2.16. The maximum atomic E-state index is 12.4. The van der Waals surface area contributed by atoms with E-state index < -0.39 is 0 Å². The van der Waals surface area contributed by atoms with Gasteiger partial charge in [-0.25, -0.2) is 0 Å². The number of pyridine rings is 1. The topological polar surface area (TPSA) is 33.2 Å². The van der Waals surface area contributed by atoms with Gasteiger partial charge in [-0.05, 0) is 43.2 Å². The molecule has 19 heavy (non-hydrogen) atoms. The zero-order chi connectivity index (χ0) is 14.0. The van der Waals surface area contributed by atoms with E-state index in [2.05, 4.69) is 11.1 Å². The van der Waals surface area contributed by atoms with Gasteiger partial charge in [-0.1, -0.05) is 17.7 Å². The zero-order valence-electron chi connectivity index (χ0n) is 11.1. The van der Waals surface area contributed by atoms with E-state index in [9.17, 15) is 4.79 Å². The van der Waals surface area contributed by atoms with Gasteiger partial charge in [-0.3, -0.25) is 9.78 Å². The van der Waals surface area contributed by atoms with Crippen molar-refractivity contribution in [2.24, 2.45) is 0 Å². The molecule has 0 bridgehead atoms. The van der Waals surface area contributed by atoms with Crippen molar-refractivity contribution in [2.45, 2.75) is 13.8 Å². The van der Waals surface area contributed by atoms with Crippen molar-refractivity contribution < 1.29 is 4.79 Å². The molecular formula is C15H15ClN2O. The number of aryl methyl sites for hydroxylation is 2. The molecule has 1 amide bonds. The molecule has 4 heteroatoms. The molecule has 0 atom stereocenters. The summed E-state index contributed by atoms with van der Waals surface area (Å²) in [6.07, 6.45) is 3.06. The quantitative estimate of drug-likeness (QED) is 0.838. The third kappa shape index (κ3) is 2.93. The number of anilines is 1. The Morgan fingerprint density at radius 3 is 2.42 bits per heavy atom. The normalized spacial score (nSPS) is 10.3. The van der Waals surface area contributed by atoms with E-state index in [0.29, 0.717) is 10.6 Å². The third-order valence-corrected chi connectivity index (χ3v) is 3.23. The molecule has 0 aliphatic carbocycles. The van der Waals surface area contributed by atoms with Crippen molar-refractivity contribution in [3.05, 3.63) is 58.4 Å². The van der Waals surface area contributed by atoms with Crippen molar-refractivity contribution >= 4 is 23.2 Å². The molecule has 1 aromatic heterocycles. The molecule has 0 radical (unpaired) electrons. The molecule has 0 spiro atoms. The Morgan fingerprint density at radius 2 is 1.84 bits per heavy atom. The lowest BCUT2D eigenvalue weighted by atomic mass is 10.1. The number of rotatable bonds is 2. The van der Waals surface area contributed by atoms with Crippen molar-refractivity contribution in [2.75, 3.05) is 11.9 Å². The van der Waals surface area contributed by atoms with Crippen molar-refractivity contribution in [3.63, 3.8) is 0 Å². The van der Waals surface area contributed by atoms with Crippen molar-refractivity contribution in [1.82, 2.24) is 4.98 Å². The van der Waals surface area contributed by atoms with Gasteiger partial charge < -0.3 is 4.90 Å². The number of hydrogen-bond acceptors (Lipinski definition) is 2. The number of carbonyl (C=O) groups is 1. The van der Waals surface area contributed by atoms with Crippen molar-refractivity contribution in [3.8, 4) is 0 Å². The molecule has 0 unspecified atom stereocenters. The Balaban J connectivity index is 2.36. The second-order valence-electron chi connectivity index (χ2n) is 4.57. The lowest BCUT2D eigenvalue weighted by Gasteiger charge is -2.19. The Bertz CT molecular complexity index is 605. The standard InChI is InChI=1S/C15H15ClN2O/c1-10-6-11(2)8-12(7-10)18(3)15(19)13-9-17-5-4-14(13)16/h4-9H,1-3H3. The van der Waals surface area contributed by atoms with Crippen LogP contribution in [-0.2, 0) is 0 Å². The van der Waals surface area contributed by atoms with E-state index in [1.807, 2.05) is 26.0 Å². The predicted molar refractivity (Wildman–Crippen MR) is 77.9 cm³/mol. The smallest absolute Gasteiger partial charge is 0.261 e.